The maximum Gasteiger partial charge on any atom is 0.295 e. The number of ether oxygens (including phenoxy) is 1. The zero-order valence-corrected chi connectivity index (χ0v) is 19.9. The number of aliphatic hydroxyl groups excluding tert-OH is 1. The lowest BCUT2D eigenvalue weighted by Gasteiger charge is -2.25. The second-order valence-corrected chi connectivity index (χ2v) is 8.65. The van der Waals surface area contributed by atoms with Gasteiger partial charge < -0.3 is 19.7 Å². The van der Waals surface area contributed by atoms with Gasteiger partial charge >= 0.3 is 0 Å². The highest BCUT2D eigenvalue weighted by atomic mass is 16.6. The van der Waals surface area contributed by atoms with Crippen molar-refractivity contribution in [2.45, 2.75) is 12.5 Å². The molecule has 186 valence electrons. The Balaban J connectivity index is 1.61. The lowest BCUT2D eigenvalue weighted by Crippen LogP contribution is -2.32. The third-order valence-corrected chi connectivity index (χ3v) is 6.63. The largest absolute Gasteiger partial charge is 0.507 e. The molecule has 4 aromatic rings. The number of para-hydroxylation sites is 2. The van der Waals surface area contributed by atoms with Gasteiger partial charge in [0.2, 0.25) is 0 Å². The van der Waals surface area contributed by atoms with Crippen molar-refractivity contribution in [3.63, 3.8) is 0 Å². The minimum Gasteiger partial charge on any atom is -0.507 e. The number of fused-ring (bicyclic) bond motifs is 1. The number of likely N-dealkylation sites (tertiary alicyclic amines) is 1. The Kier molecular flexibility index (Phi) is 6.19. The molecular weight excluding hydrogens is 474 g/mol. The van der Waals surface area contributed by atoms with Crippen molar-refractivity contribution < 1.29 is 24.4 Å². The minimum atomic E-state index is -1.13. The van der Waals surface area contributed by atoms with E-state index in [1.807, 2.05) is 30.5 Å². The number of carbonyl (C=O) groups excluding carboxylic acids is 2. The molecule has 0 radical (unpaired) electrons. The first-order chi connectivity index (χ1) is 17.9. The van der Waals surface area contributed by atoms with Crippen LogP contribution in [-0.4, -0.2) is 45.3 Å². The molecule has 37 heavy (non-hydrogen) atoms. The van der Waals surface area contributed by atoms with Gasteiger partial charge in [0.25, 0.3) is 17.4 Å². The van der Waals surface area contributed by atoms with E-state index in [0.29, 0.717) is 17.7 Å². The lowest BCUT2D eigenvalue weighted by atomic mass is 9.94. The Morgan fingerprint density at radius 2 is 1.76 bits per heavy atom. The van der Waals surface area contributed by atoms with Crippen molar-refractivity contribution >= 4 is 34.0 Å². The molecule has 1 aliphatic heterocycles. The molecule has 1 fully saturated rings. The predicted molar refractivity (Wildman–Crippen MR) is 137 cm³/mol. The van der Waals surface area contributed by atoms with E-state index in [1.165, 1.54) is 30.2 Å². The number of aliphatic hydroxyl groups is 1. The van der Waals surface area contributed by atoms with E-state index in [1.54, 1.807) is 30.3 Å². The fourth-order valence-electron chi connectivity index (χ4n) is 4.80. The number of benzene rings is 3. The molecule has 1 atom stereocenters. The summed E-state index contributed by atoms with van der Waals surface area (Å²) in [6, 6.07) is 18.9. The van der Waals surface area contributed by atoms with Gasteiger partial charge in [0.05, 0.1) is 29.2 Å². The smallest absolute Gasteiger partial charge is 0.295 e. The molecule has 0 saturated carbocycles. The summed E-state index contributed by atoms with van der Waals surface area (Å²) in [5, 5.41) is 24.1. The molecule has 1 unspecified atom stereocenters. The van der Waals surface area contributed by atoms with E-state index in [4.69, 9.17) is 4.74 Å². The van der Waals surface area contributed by atoms with Gasteiger partial charge in [0.15, 0.2) is 0 Å². The Labute approximate surface area is 211 Å². The average Bonchev–Trinajstić information content (AvgIpc) is 3.45. The SMILES string of the molecule is COc1ccc(/C(O)=C2/C(=O)C(=O)N(CCc3c[nH]c4ccccc34)C2c2ccccc2[N+](=O)[O-])cc1. The molecule has 2 heterocycles. The lowest BCUT2D eigenvalue weighted by molar-refractivity contribution is -0.385. The maximum atomic E-state index is 13.3. The number of methoxy groups -OCH3 is 1. The van der Waals surface area contributed by atoms with Crippen LogP contribution in [0, 0.1) is 10.1 Å². The highest BCUT2D eigenvalue weighted by Gasteiger charge is 2.47. The summed E-state index contributed by atoms with van der Waals surface area (Å²) in [6.07, 6.45) is 2.25. The van der Waals surface area contributed by atoms with Crippen LogP contribution in [-0.2, 0) is 16.0 Å². The van der Waals surface area contributed by atoms with Gasteiger partial charge in [-0.2, -0.15) is 0 Å². The number of Topliss-reactive ketones (excluding diaryl/α,β-unsaturated/α-hetero) is 1. The van der Waals surface area contributed by atoms with E-state index in [9.17, 15) is 24.8 Å². The van der Waals surface area contributed by atoms with Gasteiger partial charge in [0.1, 0.15) is 11.5 Å². The summed E-state index contributed by atoms with van der Waals surface area (Å²) in [5.41, 5.74) is 1.89. The molecule has 9 nitrogen and oxygen atoms in total. The van der Waals surface area contributed by atoms with Crippen molar-refractivity contribution in [2.24, 2.45) is 0 Å². The van der Waals surface area contributed by atoms with Crippen LogP contribution >= 0.6 is 0 Å². The van der Waals surface area contributed by atoms with E-state index in [0.717, 1.165) is 16.5 Å². The van der Waals surface area contributed by atoms with Crippen molar-refractivity contribution in [1.82, 2.24) is 9.88 Å². The molecule has 1 aromatic heterocycles. The first-order valence-electron chi connectivity index (χ1n) is 11.6. The van der Waals surface area contributed by atoms with E-state index in [2.05, 4.69) is 4.98 Å². The number of hydrogen-bond acceptors (Lipinski definition) is 6. The molecule has 3 aromatic carbocycles. The van der Waals surface area contributed by atoms with Gasteiger partial charge in [-0.15, -0.1) is 0 Å². The van der Waals surface area contributed by atoms with Gasteiger partial charge in [-0.05, 0) is 48.4 Å². The number of ketones is 1. The molecule has 2 N–H and O–H groups in total. The molecule has 9 heteroatoms. The van der Waals surface area contributed by atoms with Gasteiger partial charge in [-0.3, -0.25) is 19.7 Å². The third kappa shape index (κ3) is 4.20. The molecule has 0 spiro atoms. The van der Waals surface area contributed by atoms with Crippen LogP contribution in [0.4, 0.5) is 5.69 Å². The maximum absolute atomic E-state index is 13.3. The highest BCUT2D eigenvalue weighted by molar-refractivity contribution is 6.46. The molecule has 0 bridgehead atoms. The number of nitrogens with one attached hydrogen (secondary N) is 1. The fourth-order valence-corrected chi connectivity index (χ4v) is 4.80. The Morgan fingerprint density at radius 1 is 1.05 bits per heavy atom. The third-order valence-electron chi connectivity index (χ3n) is 6.63. The van der Waals surface area contributed by atoms with E-state index in [-0.39, 0.29) is 23.4 Å². The van der Waals surface area contributed by atoms with Crippen molar-refractivity contribution in [3.8, 4) is 5.75 Å². The standard InChI is InChI=1S/C28H23N3O6/c1-37-19-12-10-17(11-13-19)26(32)24-25(21-7-3-5-9-23(21)31(35)36)30(28(34)27(24)33)15-14-18-16-29-22-8-4-2-6-20(18)22/h2-13,16,25,29,32H,14-15H2,1H3/b26-24-. The van der Waals surface area contributed by atoms with E-state index < -0.39 is 28.4 Å². The number of aromatic nitrogens is 1. The monoisotopic (exact) mass is 497 g/mol. The fraction of sp³-hybridized carbons (Fsp3) is 0.143. The summed E-state index contributed by atoms with van der Waals surface area (Å²) in [4.78, 5) is 42.4. The van der Waals surface area contributed by atoms with Gasteiger partial charge in [-0.1, -0.05) is 30.3 Å². The summed E-state index contributed by atoms with van der Waals surface area (Å²) in [7, 11) is 1.50. The number of nitro benzene ring substituents is 1. The molecule has 1 aliphatic rings. The second-order valence-electron chi connectivity index (χ2n) is 8.65. The van der Waals surface area contributed by atoms with Crippen LogP contribution in [0.1, 0.15) is 22.7 Å². The van der Waals surface area contributed by atoms with Crippen LogP contribution in [0.15, 0.2) is 84.6 Å². The normalized spacial score (nSPS) is 16.9. The molecule has 1 amide bonds. The summed E-state index contributed by atoms with van der Waals surface area (Å²) in [6.45, 7) is 0.114. The van der Waals surface area contributed by atoms with Crippen molar-refractivity contribution in [1.29, 1.82) is 0 Å². The minimum absolute atomic E-state index is 0.114. The average molecular weight is 498 g/mol. The van der Waals surface area contributed by atoms with E-state index >= 15 is 0 Å². The molecule has 0 aliphatic carbocycles. The zero-order valence-electron chi connectivity index (χ0n) is 19.9. The van der Waals surface area contributed by atoms with Crippen LogP contribution in [0.3, 0.4) is 0 Å². The number of nitrogens with zero attached hydrogens (tertiary/aromatic N) is 2. The predicted octanol–water partition coefficient (Wildman–Crippen LogP) is 4.75. The first-order valence-corrected chi connectivity index (χ1v) is 11.6. The van der Waals surface area contributed by atoms with Crippen LogP contribution < -0.4 is 4.74 Å². The molecule has 5 rings (SSSR count). The number of nitro groups is 1. The molecule has 1 saturated heterocycles. The van der Waals surface area contributed by atoms with Crippen LogP contribution in [0.25, 0.3) is 16.7 Å². The summed E-state index contributed by atoms with van der Waals surface area (Å²) < 4.78 is 5.16. The quantitative estimate of drug-likeness (QED) is 0.125. The Hall–Kier alpha value is -4.92. The summed E-state index contributed by atoms with van der Waals surface area (Å²) in [5.74, 6) is -1.57. The topological polar surface area (TPSA) is 126 Å². The van der Waals surface area contributed by atoms with Crippen LogP contribution in [0.2, 0.25) is 0 Å². The highest BCUT2D eigenvalue weighted by Crippen LogP contribution is 2.42. The van der Waals surface area contributed by atoms with Crippen molar-refractivity contribution in [2.75, 3.05) is 13.7 Å². The number of H-pyrrole nitrogens is 1. The van der Waals surface area contributed by atoms with Gasteiger partial charge in [0, 0.05) is 35.3 Å². The molecular formula is C28H23N3O6. The van der Waals surface area contributed by atoms with Gasteiger partial charge in [-0.25, -0.2) is 0 Å². The number of carbonyl (C=O) groups is 2. The summed E-state index contributed by atoms with van der Waals surface area (Å²) >= 11 is 0. The second kappa shape index (κ2) is 9.62. The number of rotatable bonds is 7. The first kappa shape index (κ1) is 23.8. The Bertz CT molecular complexity index is 1550. The van der Waals surface area contributed by atoms with Crippen LogP contribution in [0.5, 0.6) is 5.75 Å². The Morgan fingerprint density at radius 3 is 2.49 bits per heavy atom. The zero-order chi connectivity index (χ0) is 26.1. The number of aromatic amines is 1. The van der Waals surface area contributed by atoms with Crippen molar-refractivity contribution in [3.05, 3.63) is 111 Å². The number of amides is 1. The number of hydrogen-bond donors (Lipinski definition) is 2.